The Bertz CT molecular complexity index is 1370. The number of oxime groups is 1. The smallest absolute Gasteiger partial charge is 0.305 e. The third-order valence-electron chi connectivity index (χ3n) is 5.41. The van der Waals surface area contributed by atoms with Crippen LogP contribution in [0.15, 0.2) is 84.3 Å². The molecule has 0 bridgehead atoms. The molecule has 1 atom stereocenters. The molecular weight excluding hydrogens is 468 g/mol. The van der Waals surface area contributed by atoms with Gasteiger partial charge in [-0.2, -0.15) is 0 Å². The number of nitrogens with one attached hydrogen (secondary N) is 1. The van der Waals surface area contributed by atoms with E-state index in [9.17, 15) is 14.7 Å². The van der Waals surface area contributed by atoms with Gasteiger partial charge in [-0.05, 0) is 48.4 Å². The molecule has 0 fully saturated rings. The molecule has 0 saturated heterocycles. The topological polar surface area (TPSA) is 106 Å². The van der Waals surface area contributed by atoms with E-state index in [2.05, 4.69) is 15.5 Å². The number of aromatic nitrogens is 2. The Kier molecular flexibility index (Phi) is 7.42. The van der Waals surface area contributed by atoms with Gasteiger partial charge >= 0.3 is 5.97 Å². The van der Waals surface area contributed by atoms with Gasteiger partial charge in [-0.25, -0.2) is 4.98 Å². The van der Waals surface area contributed by atoms with E-state index in [4.69, 9.17) is 16.4 Å². The number of carbonyl (C=O) groups excluding carboxylic acids is 1. The quantitative estimate of drug-likeness (QED) is 0.250. The molecular formula is C26H23ClN4O4. The number of carboxylic acid groups (broad SMARTS) is 1. The van der Waals surface area contributed by atoms with Crippen molar-refractivity contribution in [3.63, 3.8) is 0 Å². The number of halogens is 1. The summed E-state index contributed by atoms with van der Waals surface area (Å²) in [5.41, 5.74) is 4.23. The zero-order valence-electron chi connectivity index (χ0n) is 18.9. The number of amides is 1. The monoisotopic (exact) mass is 490 g/mol. The van der Waals surface area contributed by atoms with Crippen molar-refractivity contribution >= 4 is 45.9 Å². The second-order valence-electron chi connectivity index (χ2n) is 7.88. The summed E-state index contributed by atoms with van der Waals surface area (Å²) in [5.74, 6) is -1.30. The number of imidazole rings is 1. The van der Waals surface area contributed by atoms with Crippen LogP contribution in [0.5, 0.6) is 0 Å². The van der Waals surface area contributed by atoms with Crippen LogP contribution in [-0.2, 0) is 14.4 Å². The lowest BCUT2D eigenvalue weighted by Crippen LogP contribution is -2.17. The summed E-state index contributed by atoms with van der Waals surface area (Å²) in [7, 11) is 0. The molecule has 0 saturated carbocycles. The first-order valence-electron chi connectivity index (χ1n) is 10.9. The van der Waals surface area contributed by atoms with Gasteiger partial charge in [-0.15, -0.1) is 0 Å². The highest BCUT2D eigenvalue weighted by atomic mass is 35.5. The average Bonchev–Trinajstić information content (AvgIpc) is 3.26. The SMILES string of the molecule is CC(=NOCC(=O)Nc1ccc2ncn(C(CC(=O)O)c3ccccc3)c2c1)c1ccc(Cl)cc1. The second kappa shape index (κ2) is 10.8. The molecule has 1 amide bonds. The van der Waals surface area contributed by atoms with E-state index in [1.54, 1.807) is 43.6 Å². The van der Waals surface area contributed by atoms with Gasteiger partial charge in [0.1, 0.15) is 0 Å². The van der Waals surface area contributed by atoms with Crippen LogP contribution in [0.1, 0.15) is 30.5 Å². The summed E-state index contributed by atoms with van der Waals surface area (Å²) in [6.07, 6.45) is 1.51. The molecule has 4 rings (SSSR count). The van der Waals surface area contributed by atoms with Crippen molar-refractivity contribution < 1.29 is 19.5 Å². The minimum absolute atomic E-state index is 0.106. The molecule has 2 N–H and O–H groups in total. The van der Waals surface area contributed by atoms with E-state index in [-0.39, 0.29) is 18.9 Å². The van der Waals surface area contributed by atoms with Crippen LogP contribution in [0, 0.1) is 0 Å². The number of anilines is 1. The van der Waals surface area contributed by atoms with E-state index < -0.39 is 12.0 Å². The molecule has 0 aliphatic heterocycles. The molecule has 178 valence electrons. The van der Waals surface area contributed by atoms with Gasteiger partial charge in [0.25, 0.3) is 5.91 Å². The Balaban J connectivity index is 1.48. The van der Waals surface area contributed by atoms with Crippen molar-refractivity contribution in [1.29, 1.82) is 0 Å². The first kappa shape index (κ1) is 24.0. The molecule has 1 aromatic heterocycles. The van der Waals surface area contributed by atoms with E-state index in [1.807, 2.05) is 47.0 Å². The van der Waals surface area contributed by atoms with Crippen LogP contribution < -0.4 is 5.32 Å². The number of carbonyl (C=O) groups is 2. The molecule has 1 heterocycles. The summed E-state index contributed by atoms with van der Waals surface area (Å²) in [4.78, 5) is 33.6. The number of hydrogen-bond acceptors (Lipinski definition) is 5. The van der Waals surface area contributed by atoms with Gasteiger partial charge < -0.3 is 19.8 Å². The molecule has 0 spiro atoms. The maximum absolute atomic E-state index is 12.4. The fourth-order valence-corrected chi connectivity index (χ4v) is 3.82. The van der Waals surface area contributed by atoms with E-state index in [0.717, 1.165) is 11.1 Å². The third kappa shape index (κ3) is 6.04. The molecule has 9 heteroatoms. The molecule has 1 unspecified atom stereocenters. The number of rotatable bonds is 9. The molecule has 35 heavy (non-hydrogen) atoms. The number of hydrogen-bond donors (Lipinski definition) is 2. The summed E-state index contributed by atoms with van der Waals surface area (Å²) >= 11 is 5.89. The minimum Gasteiger partial charge on any atom is -0.481 e. The van der Waals surface area contributed by atoms with E-state index in [0.29, 0.717) is 27.5 Å². The van der Waals surface area contributed by atoms with Gasteiger partial charge in [0.05, 0.1) is 35.5 Å². The van der Waals surface area contributed by atoms with E-state index >= 15 is 0 Å². The maximum atomic E-state index is 12.4. The van der Waals surface area contributed by atoms with Crippen molar-refractivity contribution in [3.05, 3.63) is 95.3 Å². The van der Waals surface area contributed by atoms with Crippen LogP contribution >= 0.6 is 11.6 Å². The van der Waals surface area contributed by atoms with Crippen molar-refractivity contribution in [3.8, 4) is 0 Å². The highest BCUT2D eigenvalue weighted by Gasteiger charge is 2.20. The van der Waals surface area contributed by atoms with Crippen molar-refractivity contribution in [2.45, 2.75) is 19.4 Å². The Labute approximate surface area is 206 Å². The van der Waals surface area contributed by atoms with Gasteiger partial charge in [0.2, 0.25) is 0 Å². The zero-order chi connectivity index (χ0) is 24.8. The lowest BCUT2D eigenvalue weighted by molar-refractivity contribution is -0.137. The Morgan fingerprint density at radius 2 is 1.86 bits per heavy atom. The normalized spacial score (nSPS) is 12.3. The Morgan fingerprint density at radius 1 is 1.11 bits per heavy atom. The fraction of sp³-hybridized carbons (Fsp3) is 0.154. The first-order chi connectivity index (χ1) is 16.9. The average molecular weight is 491 g/mol. The van der Waals surface area contributed by atoms with Gasteiger partial charge in [0.15, 0.2) is 6.61 Å². The Morgan fingerprint density at radius 3 is 2.57 bits per heavy atom. The lowest BCUT2D eigenvalue weighted by Gasteiger charge is -2.18. The summed E-state index contributed by atoms with van der Waals surface area (Å²) in [6, 6.07) is 21.3. The molecule has 0 radical (unpaired) electrons. The van der Waals surface area contributed by atoms with Crippen LogP contribution in [0.25, 0.3) is 11.0 Å². The Hall–Kier alpha value is -4.17. The number of aliphatic carboxylic acids is 1. The number of fused-ring (bicyclic) bond motifs is 1. The predicted molar refractivity (Wildman–Crippen MR) is 135 cm³/mol. The third-order valence-corrected chi connectivity index (χ3v) is 5.66. The highest BCUT2D eigenvalue weighted by Crippen LogP contribution is 2.28. The number of carboxylic acids is 1. The number of nitrogens with zero attached hydrogens (tertiary/aromatic N) is 3. The van der Waals surface area contributed by atoms with Crippen LogP contribution in [-0.4, -0.2) is 38.9 Å². The fourth-order valence-electron chi connectivity index (χ4n) is 3.70. The van der Waals surface area contributed by atoms with Gasteiger partial charge in [-0.3, -0.25) is 9.59 Å². The molecule has 8 nitrogen and oxygen atoms in total. The summed E-state index contributed by atoms with van der Waals surface area (Å²) in [6.45, 7) is 1.50. The van der Waals surface area contributed by atoms with Crippen molar-refractivity contribution in [1.82, 2.24) is 9.55 Å². The zero-order valence-corrected chi connectivity index (χ0v) is 19.6. The number of benzene rings is 3. The first-order valence-corrected chi connectivity index (χ1v) is 11.2. The van der Waals surface area contributed by atoms with Gasteiger partial charge in [-0.1, -0.05) is 59.2 Å². The standard InChI is InChI=1S/C26H23ClN4O4/c1-17(18-7-9-20(27)10-8-18)30-35-15-25(32)29-21-11-12-22-24(13-21)31(16-28-22)23(14-26(33)34)19-5-3-2-4-6-19/h2-13,16,23H,14-15H2,1H3,(H,29,32)(H,33,34). The van der Waals surface area contributed by atoms with Crippen molar-refractivity contribution in [2.75, 3.05) is 11.9 Å². The minimum atomic E-state index is -0.920. The highest BCUT2D eigenvalue weighted by molar-refractivity contribution is 6.30. The second-order valence-corrected chi connectivity index (χ2v) is 8.32. The predicted octanol–water partition coefficient (Wildman–Crippen LogP) is 5.13. The molecule has 4 aromatic rings. The van der Waals surface area contributed by atoms with Crippen LogP contribution in [0.3, 0.4) is 0 Å². The van der Waals surface area contributed by atoms with Gasteiger partial charge in [0, 0.05) is 10.7 Å². The molecule has 0 aliphatic rings. The van der Waals surface area contributed by atoms with E-state index in [1.165, 1.54) is 0 Å². The van der Waals surface area contributed by atoms with Crippen LogP contribution in [0.2, 0.25) is 5.02 Å². The summed E-state index contributed by atoms with van der Waals surface area (Å²) in [5, 5.41) is 16.9. The molecule has 0 aliphatic carbocycles. The molecule has 3 aromatic carbocycles. The largest absolute Gasteiger partial charge is 0.481 e. The maximum Gasteiger partial charge on any atom is 0.305 e. The van der Waals surface area contributed by atoms with Crippen molar-refractivity contribution in [2.24, 2.45) is 5.16 Å². The van der Waals surface area contributed by atoms with Crippen LogP contribution in [0.4, 0.5) is 5.69 Å². The lowest BCUT2D eigenvalue weighted by atomic mass is 10.0. The summed E-state index contributed by atoms with van der Waals surface area (Å²) < 4.78 is 1.81.